The summed E-state index contributed by atoms with van der Waals surface area (Å²) in [5, 5.41) is 11.8. The molecule has 0 aromatic carbocycles. The van der Waals surface area contributed by atoms with Crippen molar-refractivity contribution in [2.45, 2.75) is 38.7 Å². The van der Waals surface area contributed by atoms with E-state index < -0.39 is 0 Å². The molecular formula is C11H16OS. The summed E-state index contributed by atoms with van der Waals surface area (Å²) in [6.07, 6.45) is 2.05. The molecule has 0 saturated heterocycles. The quantitative estimate of drug-likeness (QED) is 0.732. The Morgan fingerprint density at radius 3 is 2.69 bits per heavy atom. The van der Waals surface area contributed by atoms with Gasteiger partial charge in [-0.15, -0.1) is 11.3 Å². The van der Waals surface area contributed by atoms with Crippen molar-refractivity contribution in [3.63, 3.8) is 0 Å². The fourth-order valence-corrected chi connectivity index (χ4v) is 3.46. The molecule has 0 aliphatic heterocycles. The van der Waals surface area contributed by atoms with Crippen LogP contribution in [0.3, 0.4) is 0 Å². The van der Waals surface area contributed by atoms with Crippen LogP contribution in [0.15, 0.2) is 11.4 Å². The molecule has 0 spiro atoms. The summed E-state index contributed by atoms with van der Waals surface area (Å²) >= 11 is 1.84. The third kappa shape index (κ3) is 1.53. The number of hydrogen-bond acceptors (Lipinski definition) is 2. The highest BCUT2D eigenvalue weighted by Gasteiger charge is 2.33. The van der Waals surface area contributed by atoms with Gasteiger partial charge in [-0.1, -0.05) is 6.92 Å². The summed E-state index contributed by atoms with van der Waals surface area (Å²) in [5.41, 5.74) is 1.40. The first kappa shape index (κ1) is 9.22. The van der Waals surface area contributed by atoms with Gasteiger partial charge < -0.3 is 5.11 Å². The Hall–Kier alpha value is -0.340. The molecule has 1 nitrogen and oxygen atoms in total. The van der Waals surface area contributed by atoms with Gasteiger partial charge in [-0.05, 0) is 48.6 Å². The highest BCUT2D eigenvalue weighted by Crippen LogP contribution is 2.42. The van der Waals surface area contributed by atoms with Gasteiger partial charge in [-0.2, -0.15) is 0 Å². The number of thiophene rings is 1. The fraction of sp³-hybridized carbons (Fsp3) is 0.636. The molecule has 0 radical (unpaired) electrons. The first-order chi connectivity index (χ1) is 6.20. The molecule has 72 valence electrons. The van der Waals surface area contributed by atoms with E-state index in [1.807, 2.05) is 11.3 Å². The zero-order valence-corrected chi connectivity index (χ0v) is 8.97. The summed E-state index contributed by atoms with van der Waals surface area (Å²) in [4.78, 5) is 1.49. The normalized spacial score (nSPS) is 33.9. The third-order valence-corrected chi connectivity index (χ3v) is 4.40. The van der Waals surface area contributed by atoms with Crippen LogP contribution in [-0.2, 0) is 0 Å². The van der Waals surface area contributed by atoms with Crippen LogP contribution in [0.2, 0.25) is 0 Å². The largest absolute Gasteiger partial charge is 0.393 e. The van der Waals surface area contributed by atoms with Crippen LogP contribution in [0.1, 0.15) is 36.1 Å². The standard InChI is InChI=1S/C11H16OS/c1-7-5-6-13-11(7)9-3-4-10(12)8(9)2/h5-6,8-10,12H,3-4H2,1-2H3. The predicted molar refractivity (Wildman–Crippen MR) is 56.2 cm³/mol. The maximum Gasteiger partial charge on any atom is 0.0572 e. The molecule has 2 rings (SSSR count). The average Bonchev–Trinajstić information content (AvgIpc) is 2.62. The van der Waals surface area contributed by atoms with E-state index in [1.54, 1.807) is 0 Å². The lowest BCUT2D eigenvalue weighted by Gasteiger charge is -2.16. The molecule has 1 heterocycles. The zero-order valence-electron chi connectivity index (χ0n) is 8.16. The lowest BCUT2D eigenvalue weighted by molar-refractivity contribution is 0.137. The van der Waals surface area contributed by atoms with Crippen LogP contribution < -0.4 is 0 Å². The van der Waals surface area contributed by atoms with Gasteiger partial charge in [0.1, 0.15) is 0 Å². The summed E-state index contributed by atoms with van der Waals surface area (Å²) in [5.74, 6) is 1.05. The van der Waals surface area contributed by atoms with Crippen LogP contribution in [0.5, 0.6) is 0 Å². The Labute approximate surface area is 83.4 Å². The lowest BCUT2D eigenvalue weighted by atomic mass is 9.93. The minimum absolute atomic E-state index is 0.0773. The Bertz CT molecular complexity index is 292. The summed E-state index contributed by atoms with van der Waals surface area (Å²) in [6.45, 7) is 4.34. The van der Waals surface area contributed by atoms with Gasteiger partial charge in [0.05, 0.1) is 6.10 Å². The Kier molecular flexibility index (Phi) is 2.43. The topological polar surface area (TPSA) is 20.2 Å². The van der Waals surface area contributed by atoms with Crippen molar-refractivity contribution in [3.8, 4) is 0 Å². The second-order valence-electron chi connectivity index (χ2n) is 4.08. The molecule has 1 aromatic rings. The van der Waals surface area contributed by atoms with Gasteiger partial charge in [0, 0.05) is 4.88 Å². The van der Waals surface area contributed by atoms with Crippen LogP contribution in [0, 0.1) is 12.8 Å². The maximum atomic E-state index is 9.66. The van der Waals surface area contributed by atoms with E-state index in [1.165, 1.54) is 10.4 Å². The Balaban J connectivity index is 2.23. The van der Waals surface area contributed by atoms with Gasteiger partial charge in [0.2, 0.25) is 0 Å². The van der Waals surface area contributed by atoms with Crippen LogP contribution in [0.25, 0.3) is 0 Å². The van der Waals surface area contributed by atoms with E-state index in [4.69, 9.17) is 0 Å². The number of aliphatic hydroxyl groups excluding tert-OH is 1. The molecule has 1 aliphatic rings. The van der Waals surface area contributed by atoms with Gasteiger partial charge in [-0.3, -0.25) is 0 Å². The van der Waals surface area contributed by atoms with E-state index in [0.717, 1.165) is 12.8 Å². The van der Waals surface area contributed by atoms with Gasteiger partial charge in [0.25, 0.3) is 0 Å². The summed E-state index contributed by atoms with van der Waals surface area (Å²) in [6, 6.07) is 2.18. The molecule has 3 unspecified atom stereocenters. The fourth-order valence-electron chi connectivity index (χ4n) is 2.28. The Morgan fingerprint density at radius 1 is 1.46 bits per heavy atom. The molecular weight excluding hydrogens is 180 g/mol. The summed E-state index contributed by atoms with van der Waals surface area (Å²) < 4.78 is 0. The molecule has 3 atom stereocenters. The third-order valence-electron chi connectivity index (χ3n) is 3.25. The number of hydrogen-bond donors (Lipinski definition) is 1. The van der Waals surface area contributed by atoms with E-state index in [0.29, 0.717) is 11.8 Å². The van der Waals surface area contributed by atoms with Crippen molar-refractivity contribution in [2.75, 3.05) is 0 Å². The molecule has 13 heavy (non-hydrogen) atoms. The maximum absolute atomic E-state index is 9.66. The van der Waals surface area contributed by atoms with Gasteiger partial charge in [-0.25, -0.2) is 0 Å². The molecule has 1 aliphatic carbocycles. The Morgan fingerprint density at radius 2 is 2.23 bits per heavy atom. The highest BCUT2D eigenvalue weighted by atomic mass is 32.1. The minimum Gasteiger partial charge on any atom is -0.393 e. The molecule has 1 fully saturated rings. The summed E-state index contributed by atoms with van der Waals surface area (Å²) in [7, 11) is 0. The van der Waals surface area contributed by atoms with E-state index in [9.17, 15) is 5.11 Å². The van der Waals surface area contributed by atoms with Crippen molar-refractivity contribution in [1.82, 2.24) is 0 Å². The predicted octanol–water partition coefficient (Wildman–Crippen LogP) is 2.93. The van der Waals surface area contributed by atoms with Crippen molar-refractivity contribution in [3.05, 3.63) is 21.9 Å². The van der Waals surface area contributed by atoms with Crippen molar-refractivity contribution < 1.29 is 5.11 Å². The highest BCUT2D eigenvalue weighted by molar-refractivity contribution is 7.10. The van der Waals surface area contributed by atoms with Crippen molar-refractivity contribution in [2.24, 2.45) is 5.92 Å². The first-order valence-corrected chi connectivity index (χ1v) is 5.80. The minimum atomic E-state index is -0.0773. The van der Waals surface area contributed by atoms with Crippen LogP contribution >= 0.6 is 11.3 Å². The first-order valence-electron chi connectivity index (χ1n) is 4.92. The van der Waals surface area contributed by atoms with Gasteiger partial charge in [0.15, 0.2) is 0 Å². The lowest BCUT2D eigenvalue weighted by Crippen LogP contribution is -2.13. The SMILES string of the molecule is Cc1ccsc1C1CCC(O)C1C. The monoisotopic (exact) mass is 196 g/mol. The van der Waals surface area contributed by atoms with Crippen molar-refractivity contribution in [1.29, 1.82) is 0 Å². The second-order valence-corrected chi connectivity index (χ2v) is 5.03. The molecule has 0 amide bonds. The van der Waals surface area contributed by atoms with Crippen molar-refractivity contribution >= 4 is 11.3 Å². The van der Waals surface area contributed by atoms with Crippen LogP contribution in [-0.4, -0.2) is 11.2 Å². The average molecular weight is 196 g/mol. The molecule has 1 N–H and O–H groups in total. The molecule has 1 aromatic heterocycles. The molecule has 2 heteroatoms. The number of aliphatic hydroxyl groups is 1. The second kappa shape index (κ2) is 3.43. The zero-order chi connectivity index (χ0) is 9.42. The molecule has 1 saturated carbocycles. The number of aryl methyl sites for hydroxylation is 1. The number of rotatable bonds is 1. The van der Waals surface area contributed by atoms with E-state index >= 15 is 0 Å². The van der Waals surface area contributed by atoms with Crippen LogP contribution in [0.4, 0.5) is 0 Å². The van der Waals surface area contributed by atoms with E-state index in [2.05, 4.69) is 25.3 Å². The van der Waals surface area contributed by atoms with Gasteiger partial charge >= 0.3 is 0 Å². The van der Waals surface area contributed by atoms with E-state index in [-0.39, 0.29) is 6.10 Å². The molecule has 0 bridgehead atoms. The smallest absolute Gasteiger partial charge is 0.0572 e.